The number of benzene rings is 2. The Labute approximate surface area is 162 Å². The van der Waals surface area contributed by atoms with Crippen LogP contribution in [0.2, 0.25) is 0 Å². The maximum Gasteiger partial charge on any atom is 0.338 e. The summed E-state index contributed by atoms with van der Waals surface area (Å²) in [5, 5.41) is 11.3. The second-order valence-corrected chi connectivity index (χ2v) is 5.86. The lowest BCUT2D eigenvalue weighted by Gasteiger charge is -2.11. The van der Waals surface area contributed by atoms with Crippen molar-refractivity contribution in [2.24, 2.45) is 0 Å². The summed E-state index contributed by atoms with van der Waals surface area (Å²) in [6.45, 7) is -0.151. The Morgan fingerprint density at radius 1 is 0.966 bits per heavy atom. The molecule has 0 bridgehead atoms. The van der Waals surface area contributed by atoms with E-state index in [0.29, 0.717) is 5.56 Å². The van der Waals surface area contributed by atoms with Gasteiger partial charge in [-0.3, -0.25) is 4.79 Å². The highest BCUT2D eigenvalue weighted by Gasteiger charge is 2.17. The van der Waals surface area contributed by atoms with E-state index in [1.54, 1.807) is 0 Å². The lowest BCUT2D eigenvalue weighted by atomic mass is 10.1. The molecule has 0 saturated heterocycles. The summed E-state index contributed by atoms with van der Waals surface area (Å²) < 4.78 is 45.7. The molecule has 6 nitrogen and oxygen atoms in total. The molecule has 0 fully saturated rings. The van der Waals surface area contributed by atoms with Crippen LogP contribution in [0.1, 0.15) is 26.3 Å². The normalized spacial score (nSPS) is 10.4. The number of nitrogens with zero attached hydrogens (tertiary/aromatic N) is 1. The highest BCUT2D eigenvalue weighted by Crippen LogP contribution is 2.24. The highest BCUT2D eigenvalue weighted by molar-refractivity contribution is 5.96. The molecule has 2 N–H and O–H groups in total. The van der Waals surface area contributed by atoms with Crippen molar-refractivity contribution >= 4 is 11.9 Å². The number of rotatable bonds is 6. The van der Waals surface area contributed by atoms with Crippen molar-refractivity contribution in [1.82, 2.24) is 10.3 Å². The van der Waals surface area contributed by atoms with Crippen LogP contribution in [0.4, 0.5) is 13.2 Å². The molecule has 0 atom stereocenters. The van der Waals surface area contributed by atoms with Crippen LogP contribution in [-0.4, -0.2) is 22.0 Å². The Bertz CT molecular complexity index is 1070. The average molecular weight is 402 g/mol. The van der Waals surface area contributed by atoms with E-state index in [1.165, 1.54) is 18.2 Å². The minimum Gasteiger partial charge on any atom is -0.478 e. The Kier molecular flexibility index (Phi) is 5.77. The van der Waals surface area contributed by atoms with E-state index < -0.39 is 34.9 Å². The van der Waals surface area contributed by atoms with Gasteiger partial charge in [-0.05, 0) is 48.0 Å². The monoisotopic (exact) mass is 402 g/mol. The molecule has 1 amide bonds. The van der Waals surface area contributed by atoms with Gasteiger partial charge in [0.1, 0.15) is 28.8 Å². The third-order valence-corrected chi connectivity index (χ3v) is 3.81. The fourth-order valence-corrected chi connectivity index (χ4v) is 2.40. The molecule has 3 rings (SSSR count). The number of hydrogen-bond acceptors (Lipinski definition) is 4. The summed E-state index contributed by atoms with van der Waals surface area (Å²) in [6, 6.07) is 9.23. The van der Waals surface area contributed by atoms with Gasteiger partial charge in [-0.2, -0.15) is 0 Å². The Morgan fingerprint density at radius 2 is 1.69 bits per heavy atom. The molecular weight excluding hydrogens is 389 g/mol. The van der Waals surface area contributed by atoms with Crippen LogP contribution < -0.4 is 10.1 Å². The van der Waals surface area contributed by atoms with E-state index in [1.807, 2.05) is 0 Å². The predicted octanol–water partition coefficient (Wildman–Crippen LogP) is 3.92. The first-order valence-electron chi connectivity index (χ1n) is 8.22. The molecule has 29 heavy (non-hydrogen) atoms. The molecule has 0 saturated carbocycles. The smallest absolute Gasteiger partial charge is 0.338 e. The van der Waals surface area contributed by atoms with Crippen molar-refractivity contribution in [3.63, 3.8) is 0 Å². The molecule has 0 unspecified atom stereocenters. The molecule has 1 heterocycles. The van der Waals surface area contributed by atoms with E-state index in [0.717, 1.165) is 36.5 Å². The zero-order valence-electron chi connectivity index (χ0n) is 14.7. The Balaban J connectivity index is 1.76. The molecule has 0 spiro atoms. The number of aromatic carboxylic acids is 1. The summed E-state index contributed by atoms with van der Waals surface area (Å²) in [6.07, 6.45) is 0.857. The SMILES string of the molecule is O=C(O)c1ccc(CNC(=O)c2cc(F)cnc2Oc2ccc(F)cc2)cc1F. The number of ether oxygens (including phenoxy) is 1. The molecule has 9 heteroatoms. The third-order valence-electron chi connectivity index (χ3n) is 3.81. The third kappa shape index (κ3) is 4.89. The van der Waals surface area contributed by atoms with E-state index in [4.69, 9.17) is 9.84 Å². The second-order valence-electron chi connectivity index (χ2n) is 5.86. The van der Waals surface area contributed by atoms with Gasteiger partial charge in [-0.25, -0.2) is 22.9 Å². The molecule has 0 aliphatic heterocycles. The van der Waals surface area contributed by atoms with Gasteiger partial charge in [0.15, 0.2) is 0 Å². The minimum absolute atomic E-state index is 0.151. The minimum atomic E-state index is -1.41. The Morgan fingerprint density at radius 3 is 2.34 bits per heavy atom. The quantitative estimate of drug-likeness (QED) is 0.653. The van der Waals surface area contributed by atoms with Gasteiger partial charge in [0.05, 0.1) is 11.8 Å². The first-order chi connectivity index (χ1) is 13.8. The van der Waals surface area contributed by atoms with Crippen molar-refractivity contribution < 1.29 is 32.6 Å². The molecule has 0 radical (unpaired) electrons. The molecule has 0 aliphatic carbocycles. The standard InChI is InChI=1S/C20H13F3N2O4/c21-12-2-4-14(5-3-12)29-19-16(8-13(22)10-25-19)18(26)24-9-11-1-6-15(20(27)28)17(23)7-11/h1-8,10H,9H2,(H,24,26)(H,27,28). The zero-order chi connectivity index (χ0) is 21.0. The van der Waals surface area contributed by atoms with Crippen molar-refractivity contribution in [3.8, 4) is 11.6 Å². The summed E-state index contributed by atoms with van der Waals surface area (Å²) in [5.41, 5.74) is -0.424. The fraction of sp³-hybridized carbons (Fsp3) is 0.0500. The van der Waals surface area contributed by atoms with Crippen LogP contribution in [0, 0.1) is 17.5 Å². The van der Waals surface area contributed by atoms with Crippen LogP contribution in [0.15, 0.2) is 54.7 Å². The van der Waals surface area contributed by atoms with Crippen molar-refractivity contribution in [2.75, 3.05) is 0 Å². The number of halogens is 3. The number of nitrogens with one attached hydrogen (secondary N) is 1. The Hall–Kier alpha value is -3.88. The van der Waals surface area contributed by atoms with E-state index in [2.05, 4.69) is 10.3 Å². The highest BCUT2D eigenvalue weighted by atomic mass is 19.1. The van der Waals surface area contributed by atoms with E-state index >= 15 is 0 Å². The zero-order valence-corrected chi connectivity index (χ0v) is 14.7. The van der Waals surface area contributed by atoms with E-state index in [-0.39, 0.29) is 23.7 Å². The van der Waals surface area contributed by atoms with Gasteiger partial charge in [0.2, 0.25) is 5.88 Å². The number of amides is 1. The van der Waals surface area contributed by atoms with Gasteiger partial charge in [-0.15, -0.1) is 0 Å². The maximum atomic E-state index is 13.7. The summed E-state index contributed by atoms with van der Waals surface area (Å²) in [5.74, 6) is -4.39. The average Bonchev–Trinajstić information content (AvgIpc) is 2.69. The summed E-state index contributed by atoms with van der Waals surface area (Å²) >= 11 is 0. The number of carboxylic acids is 1. The number of carbonyl (C=O) groups excluding carboxylic acids is 1. The maximum absolute atomic E-state index is 13.7. The van der Waals surface area contributed by atoms with Gasteiger partial charge < -0.3 is 15.2 Å². The fourth-order valence-electron chi connectivity index (χ4n) is 2.40. The van der Waals surface area contributed by atoms with Gasteiger partial charge in [0.25, 0.3) is 5.91 Å². The summed E-state index contributed by atoms with van der Waals surface area (Å²) in [7, 11) is 0. The summed E-state index contributed by atoms with van der Waals surface area (Å²) in [4.78, 5) is 27.0. The van der Waals surface area contributed by atoms with Crippen LogP contribution >= 0.6 is 0 Å². The number of aromatic nitrogens is 1. The number of carboxylic acid groups (broad SMARTS) is 1. The number of carbonyl (C=O) groups is 2. The van der Waals surface area contributed by atoms with E-state index in [9.17, 15) is 22.8 Å². The van der Waals surface area contributed by atoms with Crippen LogP contribution in [0.3, 0.4) is 0 Å². The topological polar surface area (TPSA) is 88.5 Å². The molecular formula is C20H13F3N2O4. The van der Waals surface area contributed by atoms with Gasteiger partial charge in [-0.1, -0.05) is 6.07 Å². The predicted molar refractivity (Wildman–Crippen MR) is 95.2 cm³/mol. The van der Waals surface area contributed by atoms with Gasteiger partial charge >= 0.3 is 5.97 Å². The lowest BCUT2D eigenvalue weighted by molar-refractivity contribution is 0.0691. The van der Waals surface area contributed by atoms with Crippen molar-refractivity contribution in [1.29, 1.82) is 0 Å². The number of pyridine rings is 1. The van der Waals surface area contributed by atoms with Crippen molar-refractivity contribution in [2.45, 2.75) is 6.54 Å². The van der Waals surface area contributed by atoms with Crippen LogP contribution in [-0.2, 0) is 6.54 Å². The van der Waals surface area contributed by atoms with Crippen molar-refractivity contribution in [3.05, 3.63) is 88.9 Å². The first-order valence-corrected chi connectivity index (χ1v) is 8.22. The largest absolute Gasteiger partial charge is 0.478 e. The second kappa shape index (κ2) is 8.42. The molecule has 1 aromatic heterocycles. The molecule has 3 aromatic rings. The molecule has 2 aromatic carbocycles. The van der Waals surface area contributed by atoms with Crippen LogP contribution in [0.5, 0.6) is 11.6 Å². The lowest BCUT2D eigenvalue weighted by Crippen LogP contribution is -2.24. The van der Waals surface area contributed by atoms with Crippen LogP contribution in [0.25, 0.3) is 0 Å². The molecule has 148 valence electrons. The molecule has 0 aliphatic rings. The first kappa shape index (κ1) is 19.9. The number of hydrogen-bond donors (Lipinski definition) is 2. The van der Waals surface area contributed by atoms with Gasteiger partial charge in [0, 0.05) is 6.54 Å².